The van der Waals surface area contributed by atoms with Crippen LogP contribution in [0.3, 0.4) is 0 Å². The molecule has 0 N–H and O–H groups in total. The van der Waals surface area contributed by atoms with Gasteiger partial charge in [-0.2, -0.15) is 0 Å². The lowest BCUT2D eigenvalue weighted by Crippen LogP contribution is -2.11. The Labute approximate surface area is 294 Å². The maximum atomic E-state index is 12.7. The largest absolute Gasteiger partial charge is 0.494 e. The average Bonchev–Trinajstić information content (AvgIpc) is 3.16. The lowest BCUT2D eigenvalue weighted by molar-refractivity contribution is -0.139. The second-order valence-corrected chi connectivity index (χ2v) is 10.7. The summed E-state index contributed by atoms with van der Waals surface area (Å²) in [5, 5.41) is 0. The maximum Gasteiger partial charge on any atom is 0.343 e. The third-order valence-corrected chi connectivity index (χ3v) is 6.98. The molecule has 0 amide bonds. The van der Waals surface area contributed by atoms with Crippen LogP contribution in [-0.2, 0) is 28.5 Å². The molecule has 1 aliphatic rings. The highest BCUT2D eigenvalue weighted by Crippen LogP contribution is 2.24. The number of allylic oxidation sites excluding steroid dienone is 4. The van der Waals surface area contributed by atoms with Crippen molar-refractivity contribution in [2.75, 3.05) is 26.4 Å². The van der Waals surface area contributed by atoms with Gasteiger partial charge in [-0.1, -0.05) is 13.2 Å². The fraction of sp³-hybridized carbons (Fsp3) is 0.205. The van der Waals surface area contributed by atoms with Crippen molar-refractivity contribution in [2.45, 2.75) is 25.7 Å². The van der Waals surface area contributed by atoms with E-state index in [-0.39, 0.29) is 30.1 Å². The minimum absolute atomic E-state index is 0.0580. The van der Waals surface area contributed by atoms with Gasteiger partial charge in [0.2, 0.25) is 0 Å². The zero-order chi connectivity index (χ0) is 36.4. The number of carbonyl (C=O) groups excluding carboxylic acids is 5. The Hall–Kier alpha value is -6.43. The molecule has 0 atom stereocenters. The quantitative estimate of drug-likeness (QED) is 0.0471. The first kappa shape index (κ1) is 37.4. The zero-order valence-corrected chi connectivity index (χ0v) is 27.7. The molecule has 0 spiro atoms. The van der Waals surface area contributed by atoms with Crippen molar-refractivity contribution >= 4 is 29.8 Å². The van der Waals surface area contributed by atoms with Crippen LogP contribution < -0.4 is 14.2 Å². The van der Waals surface area contributed by atoms with Crippen LogP contribution >= 0.6 is 0 Å². The van der Waals surface area contributed by atoms with Crippen LogP contribution in [-0.4, -0.2) is 56.3 Å². The Kier molecular flexibility index (Phi) is 14.3. The molecule has 0 fully saturated rings. The number of rotatable bonds is 18. The molecule has 12 heteroatoms. The molecular formula is C39H36O12. The summed E-state index contributed by atoms with van der Waals surface area (Å²) in [6, 6.07) is 18.7. The smallest absolute Gasteiger partial charge is 0.343 e. The van der Waals surface area contributed by atoms with Gasteiger partial charge in [-0.3, -0.25) is 0 Å². The molecule has 4 rings (SSSR count). The predicted octanol–water partition coefficient (Wildman–Crippen LogP) is 6.48. The van der Waals surface area contributed by atoms with Crippen LogP contribution in [0.5, 0.6) is 17.2 Å². The summed E-state index contributed by atoms with van der Waals surface area (Å²) >= 11 is 0. The Morgan fingerprint density at radius 2 is 0.882 bits per heavy atom. The summed E-state index contributed by atoms with van der Waals surface area (Å²) in [4.78, 5) is 60.0. The molecule has 0 bridgehead atoms. The molecule has 0 unspecified atom stereocenters. The van der Waals surface area contributed by atoms with E-state index >= 15 is 0 Å². The van der Waals surface area contributed by atoms with Gasteiger partial charge >= 0.3 is 29.8 Å². The number of hydrogen-bond donors (Lipinski definition) is 0. The fourth-order valence-corrected chi connectivity index (χ4v) is 4.31. The Bertz CT molecular complexity index is 1770. The highest BCUT2D eigenvalue weighted by atomic mass is 16.6. The molecule has 1 aliphatic carbocycles. The number of ether oxygens (including phenoxy) is 7. The van der Waals surface area contributed by atoms with E-state index in [1.54, 1.807) is 48.6 Å². The van der Waals surface area contributed by atoms with Crippen LogP contribution in [0.15, 0.2) is 122 Å². The maximum absolute atomic E-state index is 12.7. The van der Waals surface area contributed by atoms with Crippen LogP contribution in [0.25, 0.3) is 0 Å². The summed E-state index contributed by atoms with van der Waals surface area (Å²) in [5.74, 6) is -0.592. The number of esters is 5. The summed E-state index contributed by atoms with van der Waals surface area (Å²) < 4.78 is 37.3. The van der Waals surface area contributed by atoms with Crippen molar-refractivity contribution in [1.29, 1.82) is 0 Å². The van der Waals surface area contributed by atoms with Gasteiger partial charge in [0.05, 0.1) is 29.9 Å². The Morgan fingerprint density at radius 1 is 0.490 bits per heavy atom. The molecule has 264 valence electrons. The van der Waals surface area contributed by atoms with Crippen LogP contribution in [0.2, 0.25) is 0 Å². The molecular weight excluding hydrogens is 660 g/mol. The lowest BCUT2D eigenvalue weighted by Gasteiger charge is -2.15. The van der Waals surface area contributed by atoms with Crippen molar-refractivity contribution in [1.82, 2.24) is 0 Å². The number of hydrogen-bond acceptors (Lipinski definition) is 12. The summed E-state index contributed by atoms with van der Waals surface area (Å²) in [5.41, 5.74) is 0.877. The third-order valence-electron chi connectivity index (χ3n) is 6.98. The average molecular weight is 697 g/mol. The van der Waals surface area contributed by atoms with Crippen molar-refractivity contribution in [2.24, 2.45) is 0 Å². The van der Waals surface area contributed by atoms with E-state index < -0.39 is 29.8 Å². The van der Waals surface area contributed by atoms with E-state index in [0.29, 0.717) is 67.5 Å². The van der Waals surface area contributed by atoms with Crippen molar-refractivity contribution in [3.05, 3.63) is 138 Å². The van der Waals surface area contributed by atoms with Crippen LogP contribution in [0.1, 0.15) is 56.8 Å². The monoisotopic (exact) mass is 696 g/mol. The topological polar surface area (TPSA) is 150 Å². The molecule has 0 saturated carbocycles. The Morgan fingerprint density at radius 3 is 1.33 bits per heavy atom. The van der Waals surface area contributed by atoms with Crippen molar-refractivity contribution in [3.63, 3.8) is 0 Å². The molecule has 0 radical (unpaired) electrons. The highest BCUT2D eigenvalue weighted by molar-refractivity contribution is 5.92. The molecule has 0 saturated heterocycles. The van der Waals surface area contributed by atoms with Gasteiger partial charge in [0.1, 0.15) is 42.0 Å². The molecule has 12 nitrogen and oxygen atoms in total. The van der Waals surface area contributed by atoms with Gasteiger partial charge in [-0.25, -0.2) is 24.0 Å². The summed E-state index contributed by atoms with van der Waals surface area (Å²) in [7, 11) is 0. The third kappa shape index (κ3) is 12.5. The van der Waals surface area contributed by atoms with E-state index in [0.717, 1.165) is 12.2 Å². The zero-order valence-electron chi connectivity index (χ0n) is 27.7. The molecule has 3 aromatic carbocycles. The van der Waals surface area contributed by atoms with Gasteiger partial charge in [0.15, 0.2) is 0 Å². The highest BCUT2D eigenvalue weighted by Gasteiger charge is 2.18. The molecule has 51 heavy (non-hydrogen) atoms. The predicted molar refractivity (Wildman–Crippen MR) is 183 cm³/mol. The second-order valence-electron chi connectivity index (χ2n) is 10.7. The molecule has 3 aromatic rings. The van der Waals surface area contributed by atoms with E-state index in [1.165, 1.54) is 36.4 Å². The van der Waals surface area contributed by atoms with E-state index in [4.69, 9.17) is 33.2 Å². The van der Waals surface area contributed by atoms with Gasteiger partial charge in [0.25, 0.3) is 0 Å². The minimum Gasteiger partial charge on any atom is -0.494 e. The number of unbranched alkanes of at least 4 members (excludes halogenated alkanes) is 1. The SMILES string of the molecule is C=CC(=O)OCCCCOc1ccc(C(=O)OC2=CC=C(OC(=O)c3ccc(OC(=O)c4ccc(OCCOC(=O)C=C)cc4)cc3)CC2)cc1. The first-order valence-corrected chi connectivity index (χ1v) is 15.9. The number of benzene rings is 3. The van der Waals surface area contributed by atoms with Crippen molar-refractivity contribution < 1.29 is 57.1 Å². The molecule has 0 heterocycles. The van der Waals surface area contributed by atoms with E-state index in [9.17, 15) is 24.0 Å². The van der Waals surface area contributed by atoms with Gasteiger partial charge in [-0.15, -0.1) is 0 Å². The van der Waals surface area contributed by atoms with E-state index in [1.807, 2.05) is 0 Å². The van der Waals surface area contributed by atoms with Crippen LogP contribution in [0.4, 0.5) is 0 Å². The van der Waals surface area contributed by atoms with Gasteiger partial charge in [-0.05, 0) is 97.8 Å². The summed E-state index contributed by atoms with van der Waals surface area (Å²) in [6.45, 7) is 7.57. The van der Waals surface area contributed by atoms with Crippen LogP contribution in [0, 0.1) is 0 Å². The normalized spacial score (nSPS) is 11.8. The minimum atomic E-state index is -0.604. The fourth-order valence-electron chi connectivity index (χ4n) is 4.31. The molecule has 0 aliphatic heterocycles. The molecule has 0 aromatic heterocycles. The first-order chi connectivity index (χ1) is 24.7. The first-order valence-electron chi connectivity index (χ1n) is 15.9. The van der Waals surface area contributed by atoms with E-state index in [2.05, 4.69) is 13.2 Å². The number of carbonyl (C=O) groups is 5. The Balaban J connectivity index is 1.18. The lowest BCUT2D eigenvalue weighted by atomic mass is 10.1. The van der Waals surface area contributed by atoms with Gasteiger partial charge < -0.3 is 33.2 Å². The second kappa shape index (κ2) is 19.5. The van der Waals surface area contributed by atoms with Crippen molar-refractivity contribution in [3.8, 4) is 17.2 Å². The standard InChI is InChI=1S/C39H36O12/c1-3-35(40)47-24-6-5-23-45-30-13-7-27(8-14-30)38(43)50-33-19-21-34(22-20-33)51-39(44)29-11-17-32(18-12-29)49-37(42)28-9-15-31(16-10-28)46-25-26-48-36(41)4-2/h3-4,7-19,21H,1-2,5-6,20,22-26H2. The summed E-state index contributed by atoms with van der Waals surface area (Å²) in [6.07, 6.45) is 7.36. The van der Waals surface area contributed by atoms with Gasteiger partial charge in [0, 0.05) is 25.0 Å².